The standard InChI is InChI=1S/C4H10N2O.C2H6/c1-3(6-2)4(5)7;1-2/h3,6H,1-2H3,(H2,5,7);1-2H3. The van der Waals surface area contributed by atoms with E-state index in [2.05, 4.69) is 5.32 Å². The van der Waals surface area contributed by atoms with E-state index in [1.54, 1.807) is 14.0 Å². The van der Waals surface area contributed by atoms with Gasteiger partial charge in [-0.15, -0.1) is 0 Å². The van der Waals surface area contributed by atoms with Gasteiger partial charge >= 0.3 is 0 Å². The molecule has 0 aromatic carbocycles. The van der Waals surface area contributed by atoms with Gasteiger partial charge in [0, 0.05) is 0 Å². The summed E-state index contributed by atoms with van der Waals surface area (Å²) in [6, 6.07) is -0.208. The van der Waals surface area contributed by atoms with Crippen LogP contribution in [0.5, 0.6) is 0 Å². The molecule has 0 bridgehead atoms. The molecule has 0 fully saturated rings. The number of nitrogens with one attached hydrogen (secondary N) is 1. The lowest BCUT2D eigenvalue weighted by molar-refractivity contribution is -0.119. The molecule has 3 nitrogen and oxygen atoms in total. The second-order valence-electron chi connectivity index (χ2n) is 1.41. The van der Waals surface area contributed by atoms with Crippen LogP contribution in [0.1, 0.15) is 20.8 Å². The van der Waals surface area contributed by atoms with Crippen molar-refractivity contribution in [2.75, 3.05) is 7.05 Å². The molecule has 1 atom stereocenters. The molecule has 0 aromatic heterocycles. The summed E-state index contributed by atoms with van der Waals surface area (Å²) in [6.45, 7) is 5.71. The van der Waals surface area contributed by atoms with E-state index in [0.29, 0.717) is 0 Å². The number of amides is 1. The highest BCUT2D eigenvalue weighted by atomic mass is 16.1. The average molecular weight is 132 g/mol. The fraction of sp³-hybridized carbons (Fsp3) is 0.833. The van der Waals surface area contributed by atoms with E-state index in [-0.39, 0.29) is 11.9 Å². The monoisotopic (exact) mass is 132 g/mol. The molecule has 0 saturated heterocycles. The molecule has 0 spiro atoms. The molecule has 1 amide bonds. The smallest absolute Gasteiger partial charge is 0.234 e. The van der Waals surface area contributed by atoms with Crippen LogP contribution < -0.4 is 11.1 Å². The van der Waals surface area contributed by atoms with Gasteiger partial charge in [-0.3, -0.25) is 4.79 Å². The summed E-state index contributed by atoms with van der Waals surface area (Å²) < 4.78 is 0. The van der Waals surface area contributed by atoms with Crippen LogP contribution in [0.2, 0.25) is 0 Å². The Morgan fingerprint density at radius 3 is 1.89 bits per heavy atom. The van der Waals surface area contributed by atoms with E-state index in [0.717, 1.165) is 0 Å². The molecule has 0 aliphatic heterocycles. The predicted molar refractivity (Wildman–Crippen MR) is 39.1 cm³/mol. The van der Waals surface area contributed by atoms with Crippen molar-refractivity contribution in [3.8, 4) is 0 Å². The van der Waals surface area contributed by atoms with Crippen LogP contribution in [0.25, 0.3) is 0 Å². The number of hydrogen-bond donors (Lipinski definition) is 2. The van der Waals surface area contributed by atoms with E-state index in [4.69, 9.17) is 5.73 Å². The first-order chi connectivity index (χ1) is 4.18. The Balaban J connectivity index is 0. The number of carbonyl (C=O) groups is 1. The Bertz CT molecular complexity index is 73.5. The molecule has 56 valence electrons. The number of hydrogen-bond acceptors (Lipinski definition) is 2. The van der Waals surface area contributed by atoms with E-state index < -0.39 is 0 Å². The number of rotatable bonds is 2. The Morgan fingerprint density at radius 2 is 1.89 bits per heavy atom. The van der Waals surface area contributed by atoms with E-state index in [1.807, 2.05) is 13.8 Å². The molecular formula is C6H16N2O. The van der Waals surface area contributed by atoms with Crippen LogP contribution in [-0.4, -0.2) is 19.0 Å². The summed E-state index contributed by atoms with van der Waals surface area (Å²) in [7, 11) is 1.69. The largest absolute Gasteiger partial charge is 0.368 e. The first-order valence-electron chi connectivity index (χ1n) is 3.15. The first-order valence-corrected chi connectivity index (χ1v) is 3.15. The van der Waals surface area contributed by atoms with Gasteiger partial charge in [0.1, 0.15) is 0 Å². The molecule has 0 aliphatic carbocycles. The van der Waals surface area contributed by atoms with E-state index in [9.17, 15) is 4.79 Å². The van der Waals surface area contributed by atoms with Gasteiger partial charge < -0.3 is 11.1 Å². The number of nitrogens with two attached hydrogens (primary N) is 1. The third kappa shape index (κ3) is 7.43. The molecule has 0 saturated carbocycles. The predicted octanol–water partition coefficient (Wildman–Crippen LogP) is 0.106. The molecule has 0 aromatic rings. The molecule has 3 N–H and O–H groups in total. The van der Waals surface area contributed by atoms with Crippen molar-refractivity contribution in [2.45, 2.75) is 26.8 Å². The number of carbonyl (C=O) groups excluding carboxylic acids is 1. The lowest BCUT2D eigenvalue weighted by atomic mass is 10.3. The maximum atomic E-state index is 10.1. The van der Waals surface area contributed by atoms with Crippen LogP contribution in [-0.2, 0) is 4.79 Å². The Labute approximate surface area is 56.6 Å². The third-order valence-corrected chi connectivity index (χ3v) is 0.860. The number of primary amides is 1. The van der Waals surface area contributed by atoms with Crippen molar-refractivity contribution < 1.29 is 4.79 Å². The number of likely N-dealkylation sites (N-methyl/N-ethyl adjacent to an activating group) is 1. The summed E-state index contributed by atoms with van der Waals surface area (Å²) in [5.41, 5.74) is 4.85. The van der Waals surface area contributed by atoms with Gasteiger partial charge in [0.25, 0.3) is 0 Å². The van der Waals surface area contributed by atoms with Crippen LogP contribution in [0.15, 0.2) is 0 Å². The van der Waals surface area contributed by atoms with Gasteiger partial charge in [0.15, 0.2) is 0 Å². The van der Waals surface area contributed by atoms with E-state index >= 15 is 0 Å². The summed E-state index contributed by atoms with van der Waals surface area (Å²) in [5, 5.41) is 2.69. The van der Waals surface area contributed by atoms with Crippen molar-refractivity contribution >= 4 is 5.91 Å². The van der Waals surface area contributed by atoms with Crippen LogP contribution >= 0.6 is 0 Å². The molecule has 9 heavy (non-hydrogen) atoms. The van der Waals surface area contributed by atoms with Gasteiger partial charge in [-0.05, 0) is 14.0 Å². The van der Waals surface area contributed by atoms with Crippen molar-refractivity contribution in [3.05, 3.63) is 0 Å². The highest BCUT2D eigenvalue weighted by Crippen LogP contribution is 1.71. The molecule has 0 heterocycles. The first kappa shape index (κ1) is 11.3. The van der Waals surface area contributed by atoms with Crippen molar-refractivity contribution in [1.82, 2.24) is 5.32 Å². The van der Waals surface area contributed by atoms with Gasteiger partial charge in [0.2, 0.25) is 5.91 Å². The fourth-order valence-electron chi connectivity index (χ4n) is 0.142. The maximum Gasteiger partial charge on any atom is 0.234 e. The van der Waals surface area contributed by atoms with Gasteiger partial charge in [-0.25, -0.2) is 0 Å². The zero-order valence-corrected chi connectivity index (χ0v) is 6.56. The molecule has 3 heteroatoms. The molecular weight excluding hydrogens is 116 g/mol. The Hall–Kier alpha value is -0.570. The Kier molecular flexibility index (Phi) is 9.29. The third-order valence-electron chi connectivity index (χ3n) is 0.860. The molecule has 1 unspecified atom stereocenters. The molecule has 0 radical (unpaired) electrons. The van der Waals surface area contributed by atoms with Crippen molar-refractivity contribution in [3.63, 3.8) is 0 Å². The summed E-state index contributed by atoms with van der Waals surface area (Å²) in [4.78, 5) is 10.1. The summed E-state index contributed by atoms with van der Waals surface area (Å²) >= 11 is 0. The van der Waals surface area contributed by atoms with Gasteiger partial charge in [-0.2, -0.15) is 0 Å². The minimum absolute atomic E-state index is 0.208. The minimum Gasteiger partial charge on any atom is -0.368 e. The maximum absolute atomic E-state index is 10.1. The second-order valence-corrected chi connectivity index (χ2v) is 1.41. The highest BCUT2D eigenvalue weighted by molar-refractivity contribution is 5.79. The topological polar surface area (TPSA) is 55.1 Å². The zero-order chi connectivity index (χ0) is 7.86. The second kappa shape index (κ2) is 7.43. The minimum atomic E-state index is -0.317. The van der Waals surface area contributed by atoms with Crippen molar-refractivity contribution in [1.29, 1.82) is 0 Å². The SMILES string of the molecule is CC.CNC(C)C(N)=O. The van der Waals surface area contributed by atoms with Crippen LogP contribution in [0.4, 0.5) is 0 Å². The van der Waals surface area contributed by atoms with Crippen LogP contribution in [0, 0.1) is 0 Å². The highest BCUT2D eigenvalue weighted by Gasteiger charge is 2.01. The fourth-order valence-corrected chi connectivity index (χ4v) is 0.142. The van der Waals surface area contributed by atoms with Crippen LogP contribution in [0.3, 0.4) is 0 Å². The lowest BCUT2D eigenvalue weighted by Crippen LogP contribution is -2.36. The Morgan fingerprint density at radius 1 is 1.56 bits per heavy atom. The molecule has 0 rings (SSSR count). The normalized spacial score (nSPS) is 11.1. The summed E-state index contributed by atoms with van der Waals surface area (Å²) in [6.07, 6.45) is 0. The quantitative estimate of drug-likeness (QED) is 0.560. The van der Waals surface area contributed by atoms with Gasteiger partial charge in [-0.1, -0.05) is 13.8 Å². The van der Waals surface area contributed by atoms with Gasteiger partial charge in [0.05, 0.1) is 6.04 Å². The van der Waals surface area contributed by atoms with Crippen molar-refractivity contribution in [2.24, 2.45) is 5.73 Å². The molecule has 0 aliphatic rings. The lowest BCUT2D eigenvalue weighted by Gasteiger charge is -2.01. The zero-order valence-electron chi connectivity index (χ0n) is 6.56. The average Bonchev–Trinajstić information content (AvgIpc) is 1.91. The van der Waals surface area contributed by atoms with E-state index in [1.165, 1.54) is 0 Å². The summed E-state index contributed by atoms with van der Waals surface area (Å²) in [5.74, 6) is -0.317.